The fraction of sp³-hybridized carbons (Fsp3) is 1.00. The number of thioether (sulfide) groups is 1. The fourth-order valence-corrected chi connectivity index (χ4v) is 3.45. The SMILES string of the molecule is CSCC1CCS(=O)CC1. The van der Waals surface area contributed by atoms with Gasteiger partial charge in [0.05, 0.1) is 0 Å². The third-order valence-corrected chi connectivity index (χ3v) is 4.10. The Balaban J connectivity index is 2.19. The van der Waals surface area contributed by atoms with Crippen LogP contribution in [-0.4, -0.2) is 27.7 Å². The lowest BCUT2D eigenvalue weighted by Gasteiger charge is -2.19. The van der Waals surface area contributed by atoms with E-state index >= 15 is 0 Å². The molecule has 0 aromatic carbocycles. The molecule has 1 aliphatic rings. The average molecular weight is 178 g/mol. The molecule has 1 heterocycles. The Hall–Kier alpha value is 0.500. The smallest absolute Gasteiger partial charge is 0.0237 e. The first-order chi connectivity index (χ1) is 4.83. The van der Waals surface area contributed by atoms with Crippen molar-refractivity contribution in [3.05, 3.63) is 0 Å². The summed E-state index contributed by atoms with van der Waals surface area (Å²) in [5.41, 5.74) is 0. The molecular formula is C7H14OS2. The van der Waals surface area contributed by atoms with Gasteiger partial charge in [0, 0.05) is 22.3 Å². The Morgan fingerprint density at radius 2 is 2.10 bits per heavy atom. The Morgan fingerprint density at radius 3 is 2.60 bits per heavy atom. The van der Waals surface area contributed by atoms with Crippen LogP contribution in [0.5, 0.6) is 0 Å². The van der Waals surface area contributed by atoms with Gasteiger partial charge < -0.3 is 0 Å². The van der Waals surface area contributed by atoms with E-state index in [0.717, 1.165) is 17.4 Å². The summed E-state index contributed by atoms with van der Waals surface area (Å²) in [6.45, 7) is 0. The molecule has 0 aromatic heterocycles. The molecule has 0 aliphatic carbocycles. The Morgan fingerprint density at radius 1 is 1.50 bits per heavy atom. The zero-order valence-electron chi connectivity index (χ0n) is 6.34. The average Bonchev–Trinajstić information content (AvgIpc) is 1.95. The minimum Gasteiger partial charge on any atom is -0.260 e. The van der Waals surface area contributed by atoms with Gasteiger partial charge in [-0.3, -0.25) is 4.21 Å². The highest BCUT2D eigenvalue weighted by molar-refractivity contribution is 7.98. The first-order valence-electron chi connectivity index (χ1n) is 3.67. The van der Waals surface area contributed by atoms with Crippen LogP contribution in [0.2, 0.25) is 0 Å². The van der Waals surface area contributed by atoms with E-state index < -0.39 is 10.8 Å². The van der Waals surface area contributed by atoms with E-state index in [4.69, 9.17) is 0 Å². The number of hydrogen-bond acceptors (Lipinski definition) is 2. The second kappa shape index (κ2) is 4.39. The van der Waals surface area contributed by atoms with E-state index in [1.807, 2.05) is 11.8 Å². The lowest BCUT2D eigenvalue weighted by atomic mass is 10.1. The largest absolute Gasteiger partial charge is 0.260 e. The van der Waals surface area contributed by atoms with Crippen LogP contribution >= 0.6 is 11.8 Å². The molecule has 60 valence electrons. The summed E-state index contributed by atoms with van der Waals surface area (Å²) < 4.78 is 10.9. The molecule has 0 atom stereocenters. The van der Waals surface area contributed by atoms with Crippen LogP contribution < -0.4 is 0 Å². The predicted octanol–water partition coefficient (Wildman–Crippen LogP) is 1.51. The second-order valence-electron chi connectivity index (χ2n) is 2.75. The van der Waals surface area contributed by atoms with Gasteiger partial charge in [0.2, 0.25) is 0 Å². The van der Waals surface area contributed by atoms with E-state index in [1.54, 1.807) is 0 Å². The fourth-order valence-electron chi connectivity index (χ4n) is 1.24. The lowest BCUT2D eigenvalue weighted by Crippen LogP contribution is -2.19. The molecular weight excluding hydrogens is 164 g/mol. The second-order valence-corrected chi connectivity index (χ2v) is 5.35. The molecule has 0 N–H and O–H groups in total. The van der Waals surface area contributed by atoms with E-state index in [9.17, 15) is 4.21 Å². The summed E-state index contributed by atoms with van der Waals surface area (Å²) in [4.78, 5) is 0. The van der Waals surface area contributed by atoms with Crippen molar-refractivity contribution in [1.29, 1.82) is 0 Å². The topological polar surface area (TPSA) is 17.1 Å². The van der Waals surface area contributed by atoms with E-state index in [-0.39, 0.29) is 0 Å². The molecule has 0 amide bonds. The minimum absolute atomic E-state index is 0.474. The van der Waals surface area contributed by atoms with Crippen LogP contribution in [0.15, 0.2) is 0 Å². The van der Waals surface area contributed by atoms with Crippen LogP contribution in [0.3, 0.4) is 0 Å². The standard InChI is InChI=1S/C7H14OS2/c1-9-6-7-2-4-10(8)5-3-7/h7H,2-6H2,1H3. The van der Waals surface area contributed by atoms with Gasteiger partial charge in [0.1, 0.15) is 0 Å². The van der Waals surface area contributed by atoms with Crippen molar-refractivity contribution in [3.63, 3.8) is 0 Å². The third kappa shape index (κ3) is 2.62. The summed E-state index contributed by atoms with van der Waals surface area (Å²) in [5, 5.41) is 0. The van der Waals surface area contributed by atoms with Gasteiger partial charge in [-0.2, -0.15) is 11.8 Å². The summed E-state index contributed by atoms with van der Waals surface area (Å²) in [5.74, 6) is 4.01. The molecule has 1 saturated heterocycles. The monoisotopic (exact) mass is 178 g/mol. The molecule has 0 aromatic rings. The first-order valence-corrected chi connectivity index (χ1v) is 6.55. The van der Waals surface area contributed by atoms with Crippen molar-refractivity contribution in [1.82, 2.24) is 0 Å². The van der Waals surface area contributed by atoms with Gasteiger partial charge in [-0.05, 0) is 30.8 Å². The molecule has 0 spiro atoms. The summed E-state index contributed by atoms with van der Waals surface area (Å²) in [6.07, 6.45) is 4.52. The number of hydrogen-bond donors (Lipinski definition) is 0. The maximum absolute atomic E-state index is 10.9. The zero-order valence-corrected chi connectivity index (χ0v) is 7.97. The predicted molar refractivity (Wildman–Crippen MR) is 49.0 cm³/mol. The van der Waals surface area contributed by atoms with Crippen LogP contribution in [-0.2, 0) is 10.8 Å². The molecule has 1 fully saturated rings. The van der Waals surface area contributed by atoms with Crippen LogP contribution in [0, 0.1) is 5.92 Å². The summed E-state index contributed by atoms with van der Waals surface area (Å²) >= 11 is 1.91. The molecule has 0 bridgehead atoms. The maximum Gasteiger partial charge on any atom is 0.0237 e. The summed E-state index contributed by atoms with van der Waals surface area (Å²) in [6, 6.07) is 0. The molecule has 1 rings (SSSR count). The van der Waals surface area contributed by atoms with Gasteiger partial charge in [0.25, 0.3) is 0 Å². The van der Waals surface area contributed by atoms with Crippen molar-refractivity contribution in [2.24, 2.45) is 5.92 Å². The van der Waals surface area contributed by atoms with E-state index in [0.29, 0.717) is 0 Å². The Kier molecular flexibility index (Phi) is 3.78. The quantitative estimate of drug-likeness (QED) is 0.637. The van der Waals surface area contributed by atoms with Crippen LogP contribution in [0.4, 0.5) is 0 Å². The van der Waals surface area contributed by atoms with Gasteiger partial charge in [-0.15, -0.1) is 0 Å². The molecule has 3 heteroatoms. The van der Waals surface area contributed by atoms with E-state index in [1.165, 1.54) is 18.6 Å². The Bertz CT molecular complexity index is 115. The lowest BCUT2D eigenvalue weighted by molar-refractivity contribution is 0.535. The van der Waals surface area contributed by atoms with Crippen LogP contribution in [0.1, 0.15) is 12.8 Å². The van der Waals surface area contributed by atoms with Crippen molar-refractivity contribution in [3.8, 4) is 0 Å². The zero-order chi connectivity index (χ0) is 7.40. The van der Waals surface area contributed by atoms with Crippen molar-refractivity contribution in [2.45, 2.75) is 12.8 Å². The number of rotatable bonds is 2. The van der Waals surface area contributed by atoms with Crippen molar-refractivity contribution in [2.75, 3.05) is 23.5 Å². The van der Waals surface area contributed by atoms with Crippen LogP contribution in [0.25, 0.3) is 0 Å². The first kappa shape index (κ1) is 8.60. The molecule has 10 heavy (non-hydrogen) atoms. The minimum atomic E-state index is -0.474. The van der Waals surface area contributed by atoms with Gasteiger partial charge in [0.15, 0.2) is 0 Å². The third-order valence-electron chi connectivity index (χ3n) is 1.91. The van der Waals surface area contributed by atoms with Crippen molar-refractivity contribution >= 4 is 22.6 Å². The highest BCUT2D eigenvalue weighted by Crippen LogP contribution is 2.19. The van der Waals surface area contributed by atoms with Gasteiger partial charge in [-0.1, -0.05) is 0 Å². The normalized spacial score (nSPS) is 34.1. The van der Waals surface area contributed by atoms with E-state index in [2.05, 4.69) is 6.26 Å². The van der Waals surface area contributed by atoms with Crippen molar-refractivity contribution < 1.29 is 4.21 Å². The highest BCUT2D eigenvalue weighted by Gasteiger charge is 2.16. The Labute approximate surface area is 69.4 Å². The molecule has 0 unspecified atom stereocenters. The highest BCUT2D eigenvalue weighted by atomic mass is 32.2. The summed E-state index contributed by atoms with van der Waals surface area (Å²) in [7, 11) is -0.474. The maximum atomic E-state index is 10.9. The van der Waals surface area contributed by atoms with Gasteiger partial charge >= 0.3 is 0 Å². The molecule has 0 radical (unpaired) electrons. The van der Waals surface area contributed by atoms with Gasteiger partial charge in [-0.25, -0.2) is 0 Å². The molecule has 1 nitrogen and oxygen atoms in total. The molecule has 1 aliphatic heterocycles. The molecule has 0 saturated carbocycles.